The number of rotatable bonds is 6. The number of nitro benzene ring substituents is 1. The average molecular weight is 352 g/mol. The summed E-state index contributed by atoms with van der Waals surface area (Å²) in [5.41, 5.74) is 0.304. The highest BCUT2D eigenvalue weighted by Crippen LogP contribution is 2.25. The van der Waals surface area contributed by atoms with Gasteiger partial charge in [0.25, 0.3) is 5.69 Å². The molecule has 1 unspecified atom stereocenters. The minimum absolute atomic E-state index is 0.0126. The third-order valence-electron chi connectivity index (χ3n) is 3.12. The van der Waals surface area contributed by atoms with Gasteiger partial charge in [-0.2, -0.15) is 0 Å². The van der Waals surface area contributed by atoms with Crippen LogP contribution in [0.2, 0.25) is 0 Å². The van der Waals surface area contributed by atoms with E-state index in [9.17, 15) is 23.7 Å². The zero-order valence-electron chi connectivity index (χ0n) is 12.7. The summed E-state index contributed by atoms with van der Waals surface area (Å²) in [6, 6.07) is 8.92. The van der Waals surface area contributed by atoms with Gasteiger partial charge in [-0.1, -0.05) is 0 Å². The van der Waals surface area contributed by atoms with Gasteiger partial charge in [-0.15, -0.1) is 11.8 Å². The minimum atomic E-state index is -0.701. The number of hydrogen-bond donors (Lipinski definition) is 1. The predicted molar refractivity (Wildman–Crippen MR) is 86.6 cm³/mol. The van der Waals surface area contributed by atoms with Crippen molar-refractivity contribution in [3.05, 3.63) is 69.8 Å². The molecule has 0 saturated carbocycles. The number of nitro groups is 1. The second-order valence-electron chi connectivity index (χ2n) is 5.01. The van der Waals surface area contributed by atoms with E-state index >= 15 is 0 Å². The zero-order chi connectivity index (χ0) is 17.7. The summed E-state index contributed by atoms with van der Waals surface area (Å²) in [6.45, 7) is 1.69. The van der Waals surface area contributed by atoms with Gasteiger partial charge in [0.1, 0.15) is 11.6 Å². The molecule has 2 rings (SSSR count). The molecule has 126 valence electrons. The number of non-ortho nitro benzene ring substituents is 1. The largest absolute Gasteiger partial charge is 0.351 e. The molecule has 24 heavy (non-hydrogen) atoms. The van der Waals surface area contributed by atoms with Crippen molar-refractivity contribution in [1.29, 1.82) is 0 Å². The first-order valence-corrected chi connectivity index (χ1v) is 7.87. The maximum atomic E-state index is 13.1. The summed E-state index contributed by atoms with van der Waals surface area (Å²) < 4.78 is 26.2. The molecule has 5 nitrogen and oxygen atoms in total. The fourth-order valence-corrected chi connectivity index (χ4v) is 2.84. The van der Waals surface area contributed by atoms with Gasteiger partial charge in [0.05, 0.1) is 10.2 Å². The van der Waals surface area contributed by atoms with Crippen molar-refractivity contribution in [2.45, 2.75) is 23.6 Å². The van der Waals surface area contributed by atoms with Crippen LogP contribution < -0.4 is 5.32 Å². The Balaban J connectivity index is 1.90. The zero-order valence-corrected chi connectivity index (χ0v) is 13.5. The number of carbonyl (C=O) groups excluding carboxylic acids is 1. The van der Waals surface area contributed by atoms with E-state index in [2.05, 4.69) is 5.32 Å². The lowest BCUT2D eigenvalue weighted by molar-refractivity contribution is -0.384. The first-order valence-electron chi connectivity index (χ1n) is 6.99. The second-order valence-corrected chi connectivity index (χ2v) is 6.42. The molecular formula is C16H14F2N2O3S. The third-order valence-corrected chi connectivity index (χ3v) is 4.23. The highest BCUT2D eigenvalue weighted by Gasteiger charge is 2.15. The molecule has 0 saturated heterocycles. The molecule has 0 heterocycles. The van der Waals surface area contributed by atoms with Gasteiger partial charge in [-0.3, -0.25) is 14.9 Å². The van der Waals surface area contributed by atoms with E-state index in [-0.39, 0.29) is 18.1 Å². The van der Waals surface area contributed by atoms with Crippen molar-refractivity contribution in [1.82, 2.24) is 5.32 Å². The average Bonchev–Trinajstić information content (AvgIpc) is 2.52. The molecule has 0 radical (unpaired) electrons. The lowest BCUT2D eigenvalue weighted by Gasteiger charge is -2.12. The van der Waals surface area contributed by atoms with Gasteiger partial charge < -0.3 is 5.32 Å². The number of halogens is 2. The van der Waals surface area contributed by atoms with Crippen LogP contribution in [-0.4, -0.2) is 16.1 Å². The van der Waals surface area contributed by atoms with Gasteiger partial charge in [-0.05, 0) is 36.8 Å². The third kappa shape index (κ3) is 5.02. The summed E-state index contributed by atoms with van der Waals surface area (Å²) in [4.78, 5) is 22.8. The van der Waals surface area contributed by atoms with E-state index in [0.717, 1.165) is 18.2 Å². The fourth-order valence-electron chi connectivity index (χ4n) is 1.95. The maximum absolute atomic E-state index is 13.1. The number of amides is 1. The van der Waals surface area contributed by atoms with E-state index in [4.69, 9.17) is 0 Å². The lowest BCUT2D eigenvalue weighted by Crippen LogP contribution is -2.30. The van der Waals surface area contributed by atoms with Crippen LogP contribution in [0.3, 0.4) is 0 Å². The number of nitrogens with one attached hydrogen (secondary N) is 1. The summed E-state index contributed by atoms with van der Waals surface area (Å²) in [7, 11) is 0. The van der Waals surface area contributed by atoms with E-state index in [0.29, 0.717) is 10.5 Å². The Hall–Kier alpha value is -2.48. The fraction of sp³-hybridized carbons (Fsp3) is 0.188. The highest BCUT2D eigenvalue weighted by molar-refractivity contribution is 8.00. The standard InChI is InChI=1S/C16H14F2N2O3S/c1-10(24-15-4-2-14(3-5-15)20(22)23)16(21)19-9-11-6-12(17)8-13(18)7-11/h2-8,10H,9H2,1H3,(H,19,21). The van der Waals surface area contributed by atoms with Crippen LogP contribution in [0, 0.1) is 21.7 Å². The molecule has 8 heteroatoms. The SMILES string of the molecule is CC(Sc1ccc([N+](=O)[O-])cc1)C(=O)NCc1cc(F)cc(F)c1. The molecule has 1 amide bonds. The molecule has 2 aromatic rings. The normalized spacial score (nSPS) is 11.8. The lowest BCUT2D eigenvalue weighted by atomic mass is 10.2. The second kappa shape index (κ2) is 7.87. The van der Waals surface area contributed by atoms with Crippen LogP contribution in [0.4, 0.5) is 14.5 Å². The topological polar surface area (TPSA) is 72.2 Å². The smallest absolute Gasteiger partial charge is 0.269 e. The van der Waals surface area contributed by atoms with Gasteiger partial charge >= 0.3 is 0 Å². The molecule has 0 aliphatic carbocycles. The van der Waals surface area contributed by atoms with Gasteiger partial charge in [0, 0.05) is 29.6 Å². The summed E-state index contributed by atoms with van der Waals surface area (Å²) in [5, 5.41) is 12.7. The van der Waals surface area contributed by atoms with Crippen LogP contribution in [0.1, 0.15) is 12.5 Å². The summed E-state index contributed by atoms with van der Waals surface area (Å²) in [6.07, 6.45) is 0. The summed E-state index contributed by atoms with van der Waals surface area (Å²) in [5.74, 6) is -1.71. The highest BCUT2D eigenvalue weighted by atomic mass is 32.2. The minimum Gasteiger partial charge on any atom is -0.351 e. The van der Waals surface area contributed by atoms with Gasteiger partial charge in [0.2, 0.25) is 5.91 Å². The molecule has 2 aromatic carbocycles. The van der Waals surface area contributed by atoms with E-state index < -0.39 is 21.8 Å². The van der Waals surface area contributed by atoms with E-state index in [1.807, 2.05) is 0 Å². The Morgan fingerprint density at radius 1 is 1.21 bits per heavy atom. The van der Waals surface area contributed by atoms with Crippen molar-refractivity contribution in [3.63, 3.8) is 0 Å². The molecule has 0 bridgehead atoms. The Bertz CT molecular complexity index is 733. The van der Waals surface area contributed by atoms with Crippen LogP contribution in [0.15, 0.2) is 47.4 Å². The molecule has 0 aliphatic heterocycles. The Labute approximate surface area is 141 Å². The van der Waals surface area contributed by atoms with Gasteiger partial charge in [0.15, 0.2) is 0 Å². The monoisotopic (exact) mass is 352 g/mol. The Morgan fingerprint density at radius 3 is 2.33 bits per heavy atom. The van der Waals surface area contributed by atoms with Crippen molar-refractivity contribution in [3.8, 4) is 0 Å². The number of benzene rings is 2. The van der Waals surface area contributed by atoms with Crippen molar-refractivity contribution in [2.24, 2.45) is 0 Å². The maximum Gasteiger partial charge on any atom is 0.269 e. The van der Waals surface area contributed by atoms with Crippen molar-refractivity contribution < 1.29 is 18.5 Å². The Kier molecular flexibility index (Phi) is 5.86. The first-order chi connectivity index (χ1) is 11.3. The van der Waals surface area contributed by atoms with Crippen molar-refractivity contribution >= 4 is 23.4 Å². The number of carbonyl (C=O) groups is 1. The van der Waals surface area contributed by atoms with Crippen LogP contribution in [0.5, 0.6) is 0 Å². The molecule has 0 aliphatic rings. The van der Waals surface area contributed by atoms with Crippen molar-refractivity contribution in [2.75, 3.05) is 0 Å². The first kappa shape index (κ1) is 17.9. The summed E-state index contributed by atoms with van der Waals surface area (Å²) >= 11 is 1.23. The van der Waals surface area contributed by atoms with Crippen LogP contribution in [-0.2, 0) is 11.3 Å². The van der Waals surface area contributed by atoms with Crippen LogP contribution in [0.25, 0.3) is 0 Å². The van der Waals surface area contributed by atoms with E-state index in [1.54, 1.807) is 19.1 Å². The molecular weight excluding hydrogens is 338 g/mol. The predicted octanol–water partition coefficient (Wildman–Crippen LogP) is 3.67. The van der Waals surface area contributed by atoms with Gasteiger partial charge in [-0.25, -0.2) is 8.78 Å². The molecule has 0 spiro atoms. The quantitative estimate of drug-likeness (QED) is 0.489. The Morgan fingerprint density at radius 2 is 1.79 bits per heavy atom. The van der Waals surface area contributed by atoms with E-state index in [1.165, 1.54) is 23.9 Å². The number of thioether (sulfide) groups is 1. The molecule has 1 atom stereocenters. The number of nitrogens with zero attached hydrogens (tertiary/aromatic N) is 1. The van der Waals surface area contributed by atoms with Crippen LogP contribution >= 0.6 is 11.8 Å². The molecule has 0 fully saturated rings. The number of hydrogen-bond acceptors (Lipinski definition) is 4. The molecule has 0 aromatic heterocycles. The molecule has 1 N–H and O–H groups in total.